The van der Waals surface area contributed by atoms with E-state index in [4.69, 9.17) is 26.8 Å². The van der Waals surface area contributed by atoms with Crippen LogP contribution in [0.3, 0.4) is 0 Å². The molecule has 1 aliphatic carbocycles. The largest absolute Gasteiger partial charge is 0.487 e. The van der Waals surface area contributed by atoms with Crippen molar-refractivity contribution in [2.75, 3.05) is 20.3 Å². The van der Waals surface area contributed by atoms with E-state index in [0.717, 1.165) is 29.7 Å². The molecule has 0 unspecified atom stereocenters. The summed E-state index contributed by atoms with van der Waals surface area (Å²) < 4.78 is 13.3. The number of benzene rings is 2. The number of rotatable bonds is 7. The molecule has 1 atom stereocenters. The molecule has 0 spiro atoms. The van der Waals surface area contributed by atoms with Crippen LogP contribution in [0.2, 0.25) is 5.02 Å². The number of allylic oxidation sites excluding steroid dienone is 3. The number of carbonyl (C=O) groups excluding carboxylic acids is 1. The van der Waals surface area contributed by atoms with Crippen LogP contribution in [0.25, 0.3) is 0 Å². The van der Waals surface area contributed by atoms with Gasteiger partial charge in [-0.15, -0.1) is 0 Å². The molecule has 2 aliphatic rings. The summed E-state index contributed by atoms with van der Waals surface area (Å²) >= 11 is 10.5. The van der Waals surface area contributed by atoms with Gasteiger partial charge in [-0.25, -0.2) is 0 Å². The van der Waals surface area contributed by atoms with Crippen LogP contribution in [0.5, 0.6) is 5.75 Å². The molecule has 194 valence electrons. The van der Waals surface area contributed by atoms with Gasteiger partial charge in [0.05, 0.1) is 31.3 Å². The van der Waals surface area contributed by atoms with Crippen molar-refractivity contribution in [2.45, 2.75) is 39.2 Å². The van der Waals surface area contributed by atoms with Crippen LogP contribution in [-0.4, -0.2) is 30.9 Å². The normalized spacial score (nSPS) is 19.1. The Bertz CT molecular complexity index is 1310. The van der Waals surface area contributed by atoms with E-state index in [9.17, 15) is 10.1 Å². The number of ketones is 1. The molecule has 0 saturated heterocycles. The summed E-state index contributed by atoms with van der Waals surface area (Å²) in [5.41, 5.74) is 10.2. The maximum Gasteiger partial charge on any atom is 0.162 e. The van der Waals surface area contributed by atoms with E-state index < -0.39 is 5.92 Å². The van der Waals surface area contributed by atoms with Crippen LogP contribution in [0, 0.1) is 23.9 Å². The van der Waals surface area contributed by atoms with Crippen molar-refractivity contribution in [1.29, 1.82) is 5.26 Å². The van der Waals surface area contributed by atoms with Gasteiger partial charge < -0.3 is 20.1 Å². The van der Waals surface area contributed by atoms with E-state index in [1.165, 1.54) is 0 Å². The summed E-state index contributed by atoms with van der Waals surface area (Å²) in [5, 5.41) is 10.9. The van der Waals surface area contributed by atoms with Gasteiger partial charge in [0.25, 0.3) is 0 Å². The van der Waals surface area contributed by atoms with Gasteiger partial charge in [-0.1, -0.05) is 37.6 Å². The predicted octanol–water partition coefficient (Wildman–Crippen LogP) is 6.51. The molecule has 1 heterocycles. The highest BCUT2D eigenvalue weighted by molar-refractivity contribution is 14.1. The van der Waals surface area contributed by atoms with Crippen molar-refractivity contribution in [2.24, 2.45) is 11.1 Å². The van der Waals surface area contributed by atoms with Crippen LogP contribution in [-0.2, 0) is 16.1 Å². The minimum Gasteiger partial charge on any atom is -0.487 e. The average Bonchev–Trinajstić information content (AvgIpc) is 2.82. The average molecular weight is 744 g/mol. The molecular weight excluding hydrogens is 716 g/mol. The van der Waals surface area contributed by atoms with Gasteiger partial charge in [0.15, 0.2) is 5.78 Å². The predicted molar refractivity (Wildman–Crippen MR) is 161 cm³/mol. The molecule has 0 aromatic heterocycles. The summed E-state index contributed by atoms with van der Waals surface area (Å²) in [7, 11) is 1.63. The van der Waals surface area contributed by atoms with E-state index in [1.54, 1.807) is 7.11 Å². The van der Waals surface area contributed by atoms with Gasteiger partial charge in [-0.05, 0) is 92.4 Å². The van der Waals surface area contributed by atoms with Gasteiger partial charge in [0, 0.05) is 36.4 Å². The molecule has 37 heavy (non-hydrogen) atoms. The quantitative estimate of drug-likeness (QED) is 0.326. The monoisotopic (exact) mass is 743 g/mol. The van der Waals surface area contributed by atoms with Crippen LogP contribution >= 0.6 is 56.8 Å². The SMILES string of the molecule is COCCN1C(N)=C(C#N)[C@@H](c2cc(I)c(OCc3ccc(Cl)cc3)c(I)c2)C2=C1CC(C)(C)CC2=O. The minimum absolute atomic E-state index is 0.0620. The Morgan fingerprint density at radius 3 is 2.43 bits per heavy atom. The maximum atomic E-state index is 13.6. The fourth-order valence-corrected chi connectivity index (χ4v) is 7.22. The lowest BCUT2D eigenvalue weighted by atomic mass is 9.68. The summed E-state index contributed by atoms with van der Waals surface area (Å²) in [6.07, 6.45) is 1.12. The lowest BCUT2D eigenvalue weighted by molar-refractivity contribution is -0.118. The van der Waals surface area contributed by atoms with Crippen molar-refractivity contribution in [3.63, 3.8) is 0 Å². The highest BCUT2D eigenvalue weighted by Crippen LogP contribution is 2.49. The number of Topliss-reactive ketones (excluding diaryl/α,β-unsaturated/α-hetero) is 1. The Morgan fingerprint density at radius 2 is 1.84 bits per heavy atom. The second-order valence-corrected chi connectivity index (χ2v) is 12.8. The van der Waals surface area contributed by atoms with Gasteiger partial charge in [-0.2, -0.15) is 5.26 Å². The molecule has 0 fully saturated rings. The number of hydrogen-bond donors (Lipinski definition) is 1. The highest BCUT2D eigenvalue weighted by atomic mass is 127. The zero-order valence-corrected chi connectivity index (χ0v) is 26.0. The number of nitrogens with two attached hydrogens (primary N) is 1. The maximum absolute atomic E-state index is 13.6. The standard InChI is InChI=1S/C28H28ClI2N3O3/c1-28(2)12-22-25(23(35)13-28)24(19(14-32)27(33)34(22)8-9-36-3)17-10-20(30)26(21(31)11-17)37-15-16-4-6-18(29)7-5-16/h4-7,10-11,24H,8-9,12-13,15,33H2,1-3H3/t24-/m1/s1. The van der Waals surface area contributed by atoms with Crippen molar-refractivity contribution in [3.8, 4) is 11.8 Å². The summed E-state index contributed by atoms with van der Waals surface area (Å²) in [4.78, 5) is 15.5. The molecule has 0 radical (unpaired) electrons. The molecular formula is C28H28ClI2N3O3. The molecule has 2 aromatic rings. The van der Waals surface area contributed by atoms with E-state index in [0.29, 0.717) is 54.6 Å². The molecule has 1 aliphatic heterocycles. The third kappa shape index (κ3) is 5.95. The molecule has 6 nitrogen and oxygen atoms in total. The fraction of sp³-hybridized carbons (Fsp3) is 0.357. The first-order chi connectivity index (χ1) is 17.6. The number of halogens is 3. The van der Waals surface area contributed by atoms with Crippen LogP contribution < -0.4 is 10.5 Å². The lowest BCUT2D eigenvalue weighted by Crippen LogP contribution is -2.43. The van der Waals surface area contributed by atoms with E-state index in [-0.39, 0.29) is 11.2 Å². The molecule has 9 heteroatoms. The smallest absolute Gasteiger partial charge is 0.162 e. The summed E-state index contributed by atoms with van der Waals surface area (Å²) in [6, 6.07) is 13.9. The van der Waals surface area contributed by atoms with Crippen molar-refractivity contribution < 1.29 is 14.3 Å². The van der Waals surface area contributed by atoms with Crippen LogP contribution in [0.15, 0.2) is 59.1 Å². The number of nitriles is 1. The summed E-state index contributed by atoms with van der Waals surface area (Å²) in [6.45, 7) is 5.51. The molecule has 2 N–H and O–H groups in total. The van der Waals surface area contributed by atoms with Crippen molar-refractivity contribution >= 4 is 62.6 Å². The molecule has 4 rings (SSSR count). The number of carbonyl (C=O) groups is 1. The second-order valence-electron chi connectivity index (χ2n) is 10.0. The molecule has 0 saturated carbocycles. The van der Waals surface area contributed by atoms with Crippen LogP contribution in [0.4, 0.5) is 0 Å². The van der Waals surface area contributed by atoms with E-state index >= 15 is 0 Å². The molecule has 2 aromatic carbocycles. The number of nitrogens with zero attached hydrogens (tertiary/aromatic N) is 2. The Morgan fingerprint density at radius 1 is 1.19 bits per heavy atom. The third-order valence-corrected chi connectivity index (χ3v) is 8.51. The van der Waals surface area contributed by atoms with E-state index in [2.05, 4.69) is 65.1 Å². The third-order valence-electron chi connectivity index (χ3n) is 6.66. The Kier molecular flexibility index (Phi) is 8.78. The van der Waals surface area contributed by atoms with Crippen molar-refractivity contribution in [3.05, 3.63) is 82.4 Å². The first-order valence-corrected chi connectivity index (χ1v) is 14.4. The first kappa shape index (κ1) is 28.2. The number of methoxy groups -OCH3 is 1. The first-order valence-electron chi connectivity index (χ1n) is 11.8. The number of hydrogen-bond acceptors (Lipinski definition) is 6. The van der Waals surface area contributed by atoms with Gasteiger partial charge in [0.1, 0.15) is 18.2 Å². The minimum atomic E-state index is -0.519. The second kappa shape index (κ2) is 11.5. The Balaban J connectivity index is 1.76. The molecule has 0 bridgehead atoms. The van der Waals surface area contributed by atoms with E-state index in [1.807, 2.05) is 41.3 Å². The highest BCUT2D eigenvalue weighted by Gasteiger charge is 2.44. The van der Waals surface area contributed by atoms with Gasteiger partial charge in [-0.3, -0.25) is 4.79 Å². The van der Waals surface area contributed by atoms with Crippen LogP contribution in [0.1, 0.15) is 43.7 Å². The number of ether oxygens (including phenoxy) is 2. The molecule has 0 amide bonds. The van der Waals surface area contributed by atoms with Gasteiger partial charge >= 0.3 is 0 Å². The zero-order chi connectivity index (χ0) is 26.9. The Labute approximate surface area is 250 Å². The Hall–Kier alpha value is -1.81. The fourth-order valence-electron chi connectivity index (χ4n) is 4.97. The van der Waals surface area contributed by atoms with Gasteiger partial charge in [0.2, 0.25) is 0 Å². The topological polar surface area (TPSA) is 88.6 Å². The zero-order valence-electron chi connectivity index (χ0n) is 20.9. The van der Waals surface area contributed by atoms with Crippen molar-refractivity contribution in [1.82, 2.24) is 4.90 Å². The summed E-state index contributed by atoms with van der Waals surface area (Å²) in [5.74, 6) is 0.696. The lowest BCUT2D eigenvalue weighted by Gasteiger charge is -2.43.